The summed E-state index contributed by atoms with van der Waals surface area (Å²) in [5.74, 6) is -0.524. The first-order valence-corrected chi connectivity index (χ1v) is 6.08. The van der Waals surface area contributed by atoms with E-state index in [1.165, 1.54) is 18.2 Å². The lowest BCUT2D eigenvalue weighted by Gasteiger charge is -2.11. The molecule has 0 N–H and O–H groups in total. The zero-order valence-electron chi connectivity index (χ0n) is 10.5. The van der Waals surface area contributed by atoms with Gasteiger partial charge in [0.25, 0.3) is 0 Å². The first-order valence-electron chi connectivity index (χ1n) is 6.08. The second-order valence-electron chi connectivity index (χ2n) is 4.29. The number of alkyl halides is 3. The lowest BCUT2D eigenvalue weighted by atomic mass is 9.99. The van der Waals surface area contributed by atoms with E-state index in [-0.39, 0.29) is 12.0 Å². The fourth-order valence-corrected chi connectivity index (χ4v) is 1.90. The fourth-order valence-electron chi connectivity index (χ4n) is 1.90. The largest absolute Gasteiger partial charge is 0.417 e. The maximum atomic E-state index is 12.8. The third-order valence-corrected chi connectivity index (χ3v) is 2.87. The zero-order valence-corrected chi connectivity index (χ0v) is 10.5. The predicted molar refractivity (Wildman–Crippen MR) is 68.3 cm³/mol. The molecule has 2 nitrogen and oxygen atoms in total. The van der Waals surface area contributed by atoms with Gasteiger partial charge in [-0.3, -0.25) is 9.78 Å². The number of Topliss-reactive ketones (excluding diaryl/α,β-unsaturated/α-hetero) is 1. The lowest BCUT2D eigenvalue weighted by Crippen LogP contribution is -2.13. The molecule has 0 atom stereocenters. The zero-order chi connectivity index (χ0) is 14.6. The number of hydrogen-bond acceptors (Lipinski definition) is 2. The smallest absolute Gasteiger partial charge is 0.294 e. The Morgan fingerprint density at radius 2 is 1.75 bits per heavy atom. The van der Waals surface area contributed by atoms with E-state index in [0.717, 1.165) is 6.07 Å². The Morgan fingerprint density at radius 3 is 2.40 bits per heavy atom. The molecular formula is C15H12F3NO. The van der Waals surface area contributed by atoms with Gasteiger partial charge in [-0.05, 0) is 24.6 Å². The van der Waals surface area contributed by atoms with Gasteiger partial charge in [-0.25, -0.2) is 0 Å². The van der Waals surface area contributed by atoms with Crippen molar-refractivity contribution in [3.05, 3.63) is 65.5 Å². The quantitative estimate of drug-likeness (QED) is 0.794. The van der Waals surface area contributed by atoms with Crippen molar-refractivity contribution >= 4 is 5.78 Å². The molecule has 5 heteroatoms. The van der Waals surface area contributed by atoms with Crippen LogP contribution in [0.25, 0.3) is 0 Å². The highest BCUT2D eigenvalue weighted by molar-refractivity contribution is 5.97. The minimum atomic E-state index is -4.52. The summed E-state index contributed by atoms with van der Waals surface area (Å²) in [5, 5.41) is 0. The van der Waals surface area contributed by atoms with Crippen LogP contribution < -0.4 is 0 Å². The van der Waals surface area contributed by atoms with Crippen molar-refractivity contribution in [3.8, 4) is 0 Å². The van der Waals surface area contributed by atoms with Crippen molar-refractivity contribution in [3.63, 3.8) is 0 Å². The maximum Gasteiger partial charge on any atom is 0.417 e. The Morgan fingerprint density at radius 1 is 1.05 bits per heavy atom. The van der Waals surface area contributed by atoms with Crippen molar-refractivity contribution < 1.29 is 18.0 Å². The molecule has 0 aliphatic rings. The summed E-state index contributed by atoms with van der Waals surface area (Å²) in [6, 6.07) is 10.1. The molecule has 0 fully saturated rings. The number of aromatic nitrogens is 1. The molecule has 20 heavy (non-hydrogen) atoms. The average Bonchev–Trinajstić information content (AvgIpc) is 2.45. The van der Waals surface area contributed by atoms with E-state index in [1.54, 1.807) is 24.4 Å². The van der Waals surface area contributed by atoms with Crippen LogP contribution in [0.4, 0.5) is 13.2 Å². The van der Waals surface area contributed by atoms with Gasteiger partial charge in [0.1, 0.15) is 0 Å². The summed E-state index contributed by atoms with van der Waals surface area (Å²) >= 11 is 0. The van der Waals surface area contributed by atoms with Crippen molar-refractivity contribution in [2.24, 2.45) is 0 Å². The molecule has 2 rings (SSSR count). The molecule has 0 aliphatic heterocycles. The first-order chi connectivity index (χ1) is 9.48. The average molecular weight is 279 g/mol. The minimum absolute atomic E-state index is 0.00407. The molecule has 0 amide bonds. The van der Waals surface area contributed by atoms with Crippen LogP contribution in [-0.4, -0.2) is 10.8 Å². The fraction of sp³-hybridized carbons (Fsp3) is 0.200. The SMILES string of the molecule is O=C(CCc1ccccn1)c1ccccc1C(F)(F)F. The molecule has 0 spiro atoms. The predicted octanol–water partition coefficient (Wildman–Crippen LogP) is 3.92. The minimum Gasteiger partial charge on any atom is -0.294 e. The van der Waals surface area contributed by atoms with Crippen LogP contribution in [0.1, 0.15) is 28.0 Å². The second-order valence-corrected chi connectivity index (χ2v) is 4.29. The summed E-state index contributed by atoms with van der Waals surface area (Å²) in [6.45, 7) is 0. The van der Waals surface area contributed by atoms with Crippen LogP contribution in [-0.2, 0) is 12.6 Å². The first kappa shape index (κ1) is 14.2. The molecular weight excluding hydrogens is 267 g/mol. The Hall–Kier alpha value is -2.17. The number of pyridine rings is 1. The highest BCUT2D eigenvalue weighted by Crippen LogP contribution is 2.32. The van der Waals surface area contributed by atoms with Gasteiger partial charge in [-0.1, -0.05) is 24.3 Å². The van der Waals surface area contributed by atoms with E-state index >= 15 is 0 Å². The summed E-state index contributed by atoms with van der Waals surface area (Å²) in [7, 11) is 0. The van der Waals surface area contributed by atoms with Crippen LogP contribution in [0.15, 0.2) is 48.7 Å². The Labute approximate surface area is 114 Å². The van der Waals surface area contributed by atoms with Gasteiger partial charge in [0.05, 0.1) is 5.56 Å². The Balaban J connectivity index is 2.14. The van der Waals surface area contributed by atoms with E-state index in [2.05, 4.69) is 4.98 Å². The van der Waals surface area contributed by atoms with Crippen molar-refractivity contribution in [1.82, 2.24) is 4.98 Å². The molecule has 0 saturated heterocycles. The highest BCUT2D eigenvalue weighted by Gasteiger charge is 2.34. The number of hydrogen-bond donors (Lipinski definition) is 0. The number of nitrogens with zero attached hydrogens (tertiary/aromatic N) is 1. The summed E-state index contributed by atoms with van der Waals surface area (Å²) < 4.78 is 38.4. The second kappa shape index (κ2) is 5.86. The van der Waals surface area contributed by atoms with Gasteiger partial charge in [0, 0.05) is 23.9 Å². The van der Waals surface area contributed by atoms with Gasteiger partial charge in [-0.2, -0.15) is 13.2 Å². The van der Waals surface area contributed by atoms with Gasteiger partial charge in [0.2, 0.25) is 0 Å². The van der Waals surface area contributed by atoms with Crippen LogP contribution in [0, 0.1) is 0 Å². The normalized spacial score (nSPS) is 11.3. The van der Waals surface area contributed by atoms with E-state index in [4.69, 9.17) is 0 Å². The van der Waals surface area contributed by atoms with E-state index < -0.39 is 17.5 Å². The summed E-state index contributed by atoms with van der Waals surface area (Å²) in [6.07, 6.45) is -2.60. The molecule has 1 heterocycles. The molecule has 104 valence electrons. The maximum absolute atomic E-state index is 12.8. The van der Waals surface area contributed by atoms with E-state index in [9.17, 15) is 18.0 Å². The van der Waals surface area contributed by atoms with Gasteiger partial charge in [-0.15, -0.1) is 0 Å². The third-order valence-electron chi connectivity index (χ3n) is 2.87. The number of ketones is 1. The number of halogens is 3. The highest BCUT2D eigenvalue weighted by atomic mass is 19.4. The molecule has 0 bridgehead atoms. The Bertz CT molecular complexity index is 594. The molecule has 2 aromatic rings. The molecule has 0 aliphatic carbocycles. The molecule has 1 aromatic heterocycles. The van der Waals surface area contributed by atoms with Gasteiger partial charge >= 0.3 is 6.18 Å². The molecule has 1 aromatic carbocycles. The molecule has 0 saturated carbocycles. The molecule has 0 radical (unpaired) electrons. The standard InChI is InChI=1S/C15H12F3NO/c16-15(17,18)13-7-2-1-6-12(13)14(20)9-8-11-5-3-4-10-19-11/h1-7,10H,8-9H2. The van der Waals surface area contributed by atoms with Crippen LogP contribution >= 0.6 is 0 Å². The molecule has 0 unspecified atom stereocenters. The number of carbonyl (C=O) groups excluding carboxylic acids is 1. The Kier molecular flexibility index (Phi) is 4.17. The lowest BCUT2D eigenvalue weighted by molar-refractivity contribution is -0.137. The van der Waals surface area contributed by atoms with Gasteiger partial charge in [0.15, 0.2) is 5.78 Å². The van der Waals surface area contributed by atoms with Crippen LogP contribution in [0.3, 0.4) is 0 Å². The van der Waals surface area contributed by atoms with Gasteiger partial charge < -0.3 is 0 Å². The number of carbonyl (C=O) groups is 1. The number of aryl methyl sites for hydroxylation is 1. The monoisotopic (exact) mass is 279 g/mol. The topological polar surface area (TPSA) is 30.0 Å². The van der Waals surface area contributed by atoms with Crippen LogP contribution in [0.2, 0.25) is 0 Å². The third kappa shape index (κ3) is 3.44. The van der Waals surface area contributed by atoms with Crippen molar-refractivity contribution in [1.29, 1.82) is 0 Å². The van der Waals surface area contributed by atoms with E-state index in [0.29, 0.717) is 12.1 Å². The van der Waals surface area contributed by atoms with Crippen LogP contribution in [0.5, 0.6) is 0 Å². The summed E-state index contributed by atoms with van der Waals surface area (Å²) in [4.78, 5) is 16.0. The number of benzene rings is 1. The van der Waals surface area contributed by atoms with Crippen molar-refractivity contribution in [2.45, 2.75) is 19.0 Å². The van der Waals surface area contributed by atoms with Crippen molar-refractivity contribution in [2.75, 3.05) is 0 Å². The summed E-state index contributed by atoms with van der Waals surface area (Å²) in [5.41, 5.74) is -0.479. The van der Waals surface area contributed by atoms with E-state index in [1.807, 2.05) is 0 Å². The number of rotatable bonds is 4.